The van der Waals surface area contributed by atoms with Crippen molar-refractivity contribution in [2.24, 2.45) is 17.8 Å². The average molecular weight is 209 g/mol. The smallest absolute Gasteiger partial charge is 0.000986 e. The minimum absolute atomic E-state index is 1.03. The van der Waals surface area contributed by atoms with Crippen LogP contribution in [-0.2, 0) is 0 Å². The summed E-state index contributed by atoms with van der Waals surface area (Å²) < 4.78 is 0. The molecule has 2 aliphatic rings. The second-order valence-corrected chi connectivity index (χ2v) is 5.76. The maximum Gasteiger partial charge on any atom is 0.000986 e. The summed E-state index contributed by atoms with van der Waals surface area (Å²) in [4.78, 5) is 2.72. The van der Waals surface area contributed by atoms with Crippen LogP contribution >= 0.6 is 0 Å². The second kappa shape index (κ2) is 5.34. The van der Waals surface area contributed by atoms with Crippen molar-refractivity contribution in [3.05, 3.63) is 0 Å². The van der Waals surface area contributed by atoms with Crippen molar-refractivity contribution in [2.45, 2.75) is 52.4 Å². The molecule has 0 N–H and O–H groups in total. The maximum absolute atomic E-state index is 2.72. The van der Waals surface area contributed by atoms with Crippen molar-refractivity contribution < 1.29 is 0 Å². The number of nitrogens with zero attached hydrogens (tertiary/aromatic N) is 1. The first kappa shape index (κ1) is 11.4. The zero-order valence-electron chi connectivity index (χ0n) is 10.5. The molecule has 1 saturated carbocycles. The van der Waals surface area contributed by atoms with E-state index in [-0.39, 0.29) is 0 Å². The highest BCUT2D eigenvalue weighted by molar-refractivity contribution is 4.82. The van der Waals surface area contributed by atoms with E-state index < -0.39 is 0 Å². The third kappa shape index (κ3) is 2.96. The molecule has 15 heavy (non-hydrogen) atoms. The lowest BCUT2D eigenvalue weighted by Crippen LogP contribution is -2.40. The Labute approximate surface area is 95.2 Å². The van der Waals surface area contributed by atoms with Gasteiger partial charge in [-0.1, -0.05) is 26.7 Å². The van der Waals surface area contributed by atoms with Gasteiger partial charge in [-0.3, -0.25) is 0 Å². The van der Waals surface area contributed by atoms with Crippen LogP contribution in [-0.4, -0.2) is 24.5 Å². The van der Waals surface area contributed by atoms with Crippen LogP contribution in [0.2, 0.25) is 0 Å². The van der Waals surface area contributed by atoms with Gasteiger partial charge < -0.3 is 4.90 Å². The van der Waals surface area contributed by atoms with Crippen molar-refractivity contribution in [3.8, 4) is 0 Å². The fourth-order valence-electron chi connectivity index (χ4n) is 3.30. The summed E-state index contributed by atoms with van der Waals surface area (Å²) >= 11 is 0. The first-order valence-electron chi connectivity index (χ1n) is 7.04. The van der Waals surface area contributed by atoms with E-state index in [1.54, 1.807) is 0 Å². The lowest BCUT2D eigenvalue weighted by atomic mass is 9.73. The van der Waals surface area contributed by atoms with Crippen molar-refractivity contribution >= 4 is 0 Å². The molecule has 0 spiro atoms. The van der Waals surface area contributed by atoms with Crippen molar-refractivity contribution in [1.29, 1.82) is 0 Å². The van der Waals surface area contributed by atoms with Gasteiger partial charge in [0.05, 0.1) is 0 Å². The summed E-state index contributed by atoms with van der Waals surface area (Å²) in [7, 11) is 0. The number of rotatable bonds is 4. The molecule has 1 saturated heterocycles. The first-order valence-corrected chi connectivity index (χ1v) is 7.04. The van der Waals surface area contributed by atoms with Gasteiger partial charge in [0.2, 0.25) is 0 Å². The molecule has 0 amide bonds. The fourth-order valence-corrected chi connectivity index (χ4v) is 3.30. The lowest BCUT2D eigenvalue weighted by molar-refractivity contribution is 0.0957. The Morgan fingerprint density at radius 2 is 1.47 bits per heavy atom. The molecule has 88 valence electrons. The summed E-state index contributed by atoms with van der Waals surface area (Å²) in [5.41, 5.74) is 0. The highest BCUT2D eigenvalue weighted by atomic mass is 15.1. The van der Waals surface area contributed by atoms with Crippen LogP contribution in [0.3, 0.4) is 0 Å². The Morgan fingerprint density at radius 3 is 2.00 bits per heavy atom. The maximum atomic E-state index is 2.72. The molecule has 1 nitrogen and oxygen atoms in total. The van der Waals surface area contributed by atoms with Crippen molar-refractivity contribution in [3.63, 3.8) is 0 Å². The molecular formula is C14H27N. The monoisotopic (exact) mass is 209 g/mol. The molecule has 0 bridgehead atoms. The highest BCUT2D eigenvalue weighted by Crippen LogP contribution is 2.36. The Balaban J connectivity index is 1.61. The van der Waals surface area contributed by atoms with E-state index in [4.69, 9.17) is 0 Å². The molecule has 1 heteroatoms. The van der Waals surface area contributed by atoms with E-state index in [1.165, 1.54) is 58.2 Å². The highest BCUT2D eigenvalue weighted by Gasteiger charge is 2.29. The molecule has 2 fully saturated rings. The van der Waals surface area contributed by atoms with Gasteiger partial charge in [0, 0.05) is 6.54 Å². The Kier molecular flexibility index (Phi) is 4.07. The van der Waals surface area contributed by atoms with Gasteiger partial charge in [0.25, 0.3) is 0 Å². The van der Waals surface area contributed by atoms with E-state index >= 15 is 0 Å². The predicted molar refractivity (Wildman–Crippen MR) is 66.0 cm³/mol. The van der Waals surface area contributed by atoms with Gasteiger partial charge in [-0.25, -0.2) is 0 Å². The van der Waals surface area contributed by atoms with Crippen LogP contribution in [0.25, 0.3) is 0 Å². The van der Waals surface area contributed by atoms with Gasteiger partial charge in [0.1, 0.15) is 0 Å². The molecular weight excluding hydrogens is 182 g/mol. The molecule has 1 heterocycles. The van der Waals surface area contributed by atoms with Gasteiger partial charge in [-0.2, -0.15) is 0 Å². The van der Waals surface area contributed by atoms with E-state index in [0.29, 0.717) is 0 Å². The summed E-state index contributed by atoms with van der Waals surface area (Å²) in [5, 5.41) is 0. The molecule has 0 radical (unpaired) electrons. The lowest BCUT2D eigenvalue weighted by Gasteiger charge is -2.40. The van der Waals surface area contributed by atoms with Crippen LogP contribution in [0.1, 0.15) is 52.4 Å². The van der Waals surface area contributed by atoms with Crippen molar-refractivity contribution in [1.82, 2.24) is 4.90 Å². The van der Waals surface area contributed by atoms with Gasteiger partial charge in [0.15, 0.2) is 0 Å². The molecule has 1 aliphatic carbocycles. The van der Waals surface area contributed by atoms with Crippen LogP contribution in [0.4, 0.5) is 0 Å². The molecule has 1 aliphatic heterocycles. The standard InChI is InChI=1S/C14H27N/c1-3-12-5-7-15(8-6-12)11-14-9-13(4-2)10-14/h12-14H,3-11H2,1-2H3. The summed E-state index contributed by atoms with van der Waals surface area (Å²) in [6.07, 6.45) is 8.76. The van der Waals surface area contributed by atoms with Gasteiger partial charge >= 0.3 is 0 Å². The Hall–Kier alpha value is -0.0400. The zero-order valence-corrected chi connectivity index (χ0v) is 10.5. The van der Waals surface area contributed by atoms with E-state index in [0.717, 1.165) is 17.8 Å². The largest absolute Gasteiger partial charge is 0.303 e. The number of hydrogen-bond donors (Lipinski definition) is 0. The van der Waals surface area contributed by atoms with E-state index in [1.807, 2.05) is 0 Å². The van der Waals surface area contributed by atoms with Crippen LogP contribution < -0.4 is 0 Å². The molecule has 0 aromatic carbocycles. The van der Waals surface area contributed by atoms with E-state index in [9.17, 15) is 0 Å². The molecule has 0 aromatic rings. The summed E-state index contributed by atoms with van der Waals surface area (Å²) in [6, 6.07) is 0. The second-order valence-electron chi connectivity index (χ2n) is 5.76. The Morgan fingerprint density at radius 1 is 0.867 bits per heavy atom. The third-order valence-corrected chi connectivity index (χ3v) is 4.71. The Bertz CT molecular complexity index is 176. The number of hydrogen-bond acceptors (Lipinski definition) is 1. The molecule has 0 atom stereocenters. The SMILES string of the molecule is CCC1CCN(CC2CC(CC)C2)CC1. The number of likely N-dealkylation sites (tertiary alicyclic amines) is 1. The van der Waals surface area contributed by atoms with Crippen molar-refractivity contribution in [2.75, 3.05) is 19.6 Å². The normalized spacial score (nSPS) is 34.0. The summed E-state index contributed by atoms with van der Waals surface area (Å²) in [6.45, 7) is 8.86. The minimum atomic E-state index is 1.03. The topological polar surface area (TPSA) is 3.24 Å². The quantitative estimate of drug-likeness (QED) is 0.684. The van der Waals surface area contributed by atoms with Crippen LogP contribution in [0, 0.1) is 17.8 Å². The third-order valence-electron chi connectivity index (χ3n) is 4.71. The summed E-state index contributed by atoms with van der Waals surface area (Å²) in [5.74, 6) is 3.15. The van der Waals surface area contributed by atoms with Crippen LogP contribution in [0.5, 0.6) is 0 Å². The zero-order chi connectivity index (χ0) is 10.7. The fraction of sp³-hybridized carbons (Fsp3) is 1.00. The molecule has 2 rings (SSSR count). The van der Waals surface area contributed by atoms with Crippen LogP contribution in [0.15, 0.2) is 0 Å². The van der Waals surface area contributed by atoms with E-state index in [2.05, 4.69) is 18.7 Å². The van der Waals surface area contributed by atoms with Gasteiger partial charge in [-0.15, -0.1) is 0 Å². The average Bonchev–Trinajstić information content (AvgIpc) is 2.23. The predicted octanol–water partition coefficient (Wildman–Crippen LogP) is 3.54. The minimum Gasteiger partial charge on any atom is -0.303 e. The molecule has 0 aromatic heterocycles. The number of piperidine rings is 1. The molecule has 0 unspecified atom stereocenters. The van der Waals surface area contributed by atoms with Gasteiger partial charge in [-0.05, 0) is 56.5 Å². The first-order chi connectivity index (χ1) is 7.31.